The van der Waals surface area contributed by atoms with E-state index < -0.39 is 5.97 Å². The Hall–Kier alpha value is -1.50. The third-order valence-corrected chi connectivity index (χ3v) is 2.37. The van der Waals surface area contributed by atoms with Gasteiger partial charge in [-0.05, 0) is 32.6 Å². The Morgan fingerprint density at radius 2 is 1.88 bits per heavy atom. The minimum Gasteiger partial charge on any atom is -0.459 e. The van der Waals surface area contributed by atoms with E-state index in [1.807, 2.05) is 19.9 Å². The van der Waals surface area contributed by atoms with Crippen LogP contribution in [0.4, 0.5) is 0 Å². The van der Waals surface area contributed by atoms with Gasteiger partial charge < -0.3 is 10.5 Å². The first-order valence-corrected chi connectivity index (χ1v) is 5.58. The zero-order chi connectivity index (χ0) is 12.7. The molecule has 0 aromatic carbocycles. The Kier molecular flexibility index (Phi) is 6.24. The normalized spacial score (nSPS) is 12.3. The number of carbonyl (C=O) groups excluding carboxylic acids is 1. The second-order valence-corrected chi connectivity index (χ2v) is 3.91. The van der Waals surface area contributed by atoms with Crippen molar-refractivity contribution in [3.8, 4) is 6.07 Å². The summed E-state index contributed by atoms with van der Waals surface area (Å²) in [6.45, 7) is 7.42. The van der Waals surface area contributed by atoms with Gasteiger partial charge in [-0.3, -0.25) is 0 Å². The monoisotopic (exact) mass is 224 g/mol. The maximum Gasteiger partial charge on any atom is 0.350 e. The van der Waals surface area contributed by atoms with Crippen LogP contribution in [0.1, 0.15) is 40.5 Å². The van der Waals surface area contributed by atoms with Crippen LogP contribution in [-0.2, 0) is 9.53 Å². The van der Waals surface area contributed by atoms with Gasteiger partial charge in [0.2, 0.25) is 0 Å². The molecule has 0 radical (unpaired) electrons. The van der Waals surface area contributed by atoms with Crippen molar-refractivity contribution in [1.29, 1.82) is 5.26 Å². The summed E-state index contributed by atoms with van der Waals surface area (Å²) in [5, 5.41) is 8.93. The minimum atomic E-state index is -0.623. The van der Waals surface area contributed by atoms with Crippen molar-refractivity contribution in [2.75, 3.05) is 0 Å². The van der Waals surface area contributed by atoms with Crippen LogP contribution in [0.25, 0.3) is 0 Å². The van der Waals surface area contributed by atoms with Crippen molar-refractivity contribution < 1.29 is 9.53 Å². The molecule has 2 N–H and O–H groups in total. The quantitative estimate of drug-likeness (QED) is 0.441. The predicted octanol–water partition coefficient (Wildman–Crippen LogP) is 2.11. The molecule has 90 valence electrons. The number of ether oxygens (including phenoxy) is 1. The van der Waals surface area contributed by atoms with Gasteiger partial charge in [-0.1, -0.05) is 13.8 Å². The Labute approximate surface area is 97.1 Å². The molecule has 0 heterocycles. The van der Waals surface area contributed by atoms with Gasteiger partial charge in [0, 0.05) is 5.70 Å². The number of rotatable bonds is 5. The highest BCUT2D eigenvalue weighted by Crippen LogP contribution is 2.18. The van der Waals surface area contributed by atoms with Crippen LogP contribution in [0, 0.1) is 17.2 Å². The van der Waals surface area contributed by atoms with E-state index in [0.717, 1.165) is 12.8 Å². The summed E-state index contributed by atoms with van der Waals surface area (Å²) in [7, 11) is 0. The van der Waals surface area contributed by atoms with Gasteiger partial charge >= 0.3 is 5.97 Å². The largest absolute Gasteiger partial charge is 0.459 e. The predicted molar refractivity (Wildman–Crippen MR) is 62.1 cm³/mol. The highest BCUT2D eigenvalue weighted by molar-refractivity contribution is 5.93. The summed E-state index contributed by atoms with van der Waals surface area (Å²) in [6.07, 6.45) is 1.37. The lowest BCUT2D eigenvalue weighted by atomic mass is 9.96. The van der Waals surface area contributed by atoms with E-state index in [1.54, 1.807) is 13.8 Å². The maximum atomic E-state index is 11.6. The Balaban J connectivity index is 5.02. The van der Waals surface area contributed by atoms with Crippen molar-refractivity contribution in [3.05, 3.63) is 11.3 Å². The first-order valence-electron chi connectivity index (χ1n) is 5.58. The number of hydrogen-bond donors (Lipinski definition) is 1. The van der Waals surface area contributed by atoms with Gasteiger partial charge in [0.05, 0.1) is 6.10 Å². The molecule has 0 aliphatic rings. The molecule has 0 fully saturated rings. The van der Waals surface area contributed by atoms with Crippen molar-refractivity contribution >= 4 is 5.97 Å². The number of carbonyl (C=O) groups is 1. The van der Waals surface area contributed by atoms with Gasteiger partial charge in [-0.25, -0.2) is 4.79 Å². The van der Waals surface area contributed by atoms with Gasteiger partial charge in [-0.15, -0.1) is 0 Å². The SMILES string of the molecule is CCC(CC)/C(N)=C(\C#N)C(=O)OC(C)C. The third kappa shape index (κ3) is 3.93. The van der Waals surface area contributed by atoms with Crippen molar-refractivity contribution in [2.24, 2.45) is 11.7 Å². The molecule has 0 aliphatic heterocycles. The summed E-state index contributed by atoms with van der Waals surface area (Å²) in [5.74, 6) is -0.559. The molecule has 0 spiro atoms. The molecule has 0 saturated carbocycles. The second kappa shape index (κ2) is 6.89. The van der Waals surface area contributed by atoms with E-state index >= 15 is 0 Å². The fourth-order valence-electron chi connectivity index (χ4n) is 1.43. The van der Waals surface area contributed by atoms with E-state index in [2.05, 4.69) is 0 Å². The van der Waals surface area contributed by atoms with E-state index in [4.69, 9.17) is 15.7 Å². The summed E-state index contributed by atoms with van der Waals surface area (Å²) >= 11 is 0. The lowest BCUT2D eigenvalue weighted by Gasteiger charge is -2.15. The average molecular weight is 224 g/mol. The smallest absolute Gasteiger partial charge is 0.350 e. The van der Waals surface area contributed by atoms with Crippen molar-refractivity contribution in [2.45, 2.75) is 46.6 Å². The average Bonchev–Trinajstić information content (AvgIpc) is 2.19. The lowest BCUT2D eigenvalue weighted by Crippen LogP contribution is -2.20. The molecule has 0 aromatic rings. The highest BCUT2D eigenvalue weighted by Gasteiger charge is 2.20. The molecule has 0 bridgehead atoms. The van der Waals surface area contributed by atoms with Crippen LogP contribution in [-0.4, -0.2) is 12.1 Å². The molecular formula is C12H20N2O2. The molecular weight excluding hydrogens is 204 g/mol. The fraction of sp³-hybridized carbons (Fsp3) is 0.667. The molecule has 0 aromatic heterocycles. The summed E-state index contributed by atoms with van der Waals surface area (Å²) in [4.78, 5) is 11.6. The van der Waals surface area contributed by atoms with Gasteiger partial charge in [0.15, 0.2) is 5.57 Å². The van der Waals surface area contributed by atoms with Gasteiger partial charge in [0.25, 0.3) is 0 Å². The van der Waals surface area contributed by atoms with Crippen LogP contribution < -0.4 is 5.73 Å². The van der Waals surface area contributed by atoms with Crippen molar-refractivity contribution in [3.63, 3.8) is 0 Å². The zero-order valence-corrected chi connectivity index (χ0v) is 10.4. The number of nitrogens with zero attached hydrogens (tertiary/aromatic N) is 1. The van der Waals surface area contributed by atoms with Gasteiger partial charge in [-0.2, -0.15) is 5.26 Å². The van der Waals surface area contributed by atoms with Crippen LogP contribution in [0.3, 0.4) is 0 Å². The fourth-order valence-corrected chi connectivity index (χ4v) is 1.43. The van der Waals surface area contributed by atoms with Gasteiger partial charge in [0.1, 0.15) is 6.07 Å². The van der Waals surface area contributed by atoms with Crippen molar-refractivity contribution in [1.82, 2.24) is 0 Å². The molecule has 16 heavy (non-hydrogen) atoms. The summed E-state index contributed by atoms with van der Waals surface area (Å²) in [5.41, 5.74) is 6.12. The van der Waals surface area contributed by atoms with Crippen LogP contribution >= 0.6 is 0 Å². The molecule has 0 saturated heterocycles. The lowest BCUT2D eigenvalue weighted by molar-refractivity contribution is -0.142. The van der Waals surface area contributed by atoms with Crippen LogP contribution in [0.2, 0.25) is 0 Å². The van der Waals surface area contributed by atoms with E-state index in [0.29, 0.717) is 5.70 Å². The maximum absolute atomic E-state index is 11.6. The Morgan fingerprint density at radius 3 is 2.19 bits per heavy atom. The summed E-state index contributed by atoms with van der Waals surface area (Å²) in [6, 6.07) is 1.84. The van der Waals surface area contributed by atoms with E-state index in [9.17, 15) is 4.79 Å². The second-order valence-electron chi connectivity index (χ2n) is 3.91. The minimum absolute atomic E-state index is 0.0533. The third-order valence-electron chi connectivity index (χ3n) is 2.37. The number of hydrogen-bond acceptors (Lipinski definition) is 4. The Bertz CT molecular complexity index is 309. The van der Waals surface area contributed by atoms with Crippen LogP contribution in [0.15, 0.2) is 11.3 Å². The molecule has 4 heteroatoms. The first kappa shape index (κ1) is 14.5. The number of nitrogens with two attached hydrogens (primary N) is 1. The number of nitriles is 1. The zero-order valence-electron chi connectivity index (χ0n) is 10.4. The van der Waals surface area contributed by atoms with E-state index in [1.165, 1.54) is 0 Å². The summed E-state index contributed by atoms with van der Waals surface area (Å²) < 4.78 is 4.96. The number of allylic oxidation sites excluding steroid dienone is 1. The molecule has 0 amide bonds. The Morgan fingerprint density at radius 1 is 1.38 bits per heavy atom. The molecule has 0 rings (SSSR count). The molecule has 4 nitrogen and oxygen atoms in total. The van der Waals surface area contributed by atoms with E-state index in [-0.39, 0.29) is 17.6 Å². The molecule has 0 aliphatic carbocycles. The highest BCUT2D eigenvalue weighted by atomic mass is 16.5. The first-order chi connectivity index (χ1) is 7.47. The van der Waals surface area contributed by atoms with Crippen LogP contribution in [0.5, 0.6) is 0 Å². The molecule has 0 atom stereocenters. The number of esters is 1. The standard InChI is InChI=1S/C12H20N2O2/c1-5-9(6-2)11(14)10(7-13)12(15)16-8(3)4/h8-9H,5-6,14H2,1-4H3/b11-10-. The molecule has 0 unspecified atom stereocenters. The topological polar surface area (TPSA) is 76.1 Å².